The maximum absolute atomic E-state index is 12.4. The summed E-state index contributed by atoms with van der Waals surface area (Å²) in [6.45, 7) is 5.83. The van der Waals surface area contributed by atoms with E-state index in [-0.39, 0.29) is 24.6 Å². The number of nitrogens with zero attached hydrogens (tertiary/aromatic N) is 5. The maximum Gasteiger partial charge on any atom is 0.306 e. The number of benzene rings is 1. The first-order valence-corrected chi connectivity index (χ1v) is 10.2. The van der Waals surface area contributed by atoms with Crippen LogP contribution in [-0.2, 0) is 27.8 Å². The van der Waals surface area contributed by atoms with Crippen LogP contribution in [0.15, 0.2) is 24.3 Å². The Morgan fingerprint density at radius 3 is 2.32 bits per heavy atom. The first-order chi connectivity index (χ1) is 14.8. The van der Waals surface area contributed by atoms with Crippen molar-refractivity contribution in [3.8, 4) is 0 Å². The van der Waals surface area contributed by atoms with Crippen LogP contribution in [0.4, 0.5) is 11.4 Å². The first kappa shape index (κ1) is 22.3. The fourth-order valence-electron chi connectivity index (χ4n) is 3.71. The molecule has 2 heterocycles. The molecule has 1 aliphatic rings. The highest BCUT2D eigenvalue weighted by Crippen LogP contribution is 2.20. The number of hydrogen-bond acceptors (Lipinski definition) is 7. The molecular formula is C21H27N5O5. The second-order valence-corrected chi connectivity index (χ2v) is 7.58. The maximum atomic E-state index is 12.4. The number of carbonyl (C=O) groups is 2. The fourth-order valence-corrected chi connectivity index (χ4v) is 3.71. The molecule has 10 heteroatoms. The highest BCUT2D eigenvalue weighted by atomic mass is 16.6. The molecule has 1 aromatic carbocycles. The van der Waals surface area contributed by atoms with E-state index in [1.807, 2.05) is 20.9 Å². The van der Waals surface area contributed by atoms with Crippen molar-refractivity contribution in [3.05, 3.63) is 51.3 Å². The monoisotopic (exact) mass is 429 g/mol. The van der Waals surface area contributed by atoms with E-state index in [0.29, 0.717) is 32.6 Å². The Kier molecular flexibility index (Phi) is 6.88. The quantitative estimate of drug-likeness (QED) is 0.375. The van der Waals surface area contributed by atoms with Gasteiger partial charge in [0, 0.05) is 63.2 Å². The minimum absolute atomic E-state index is 0.0493. The highest BCUT2D eigenvalue weighted by molar-refractivity contribution is 5.81. The van der Waals surface area contributed by atoms with Gasteiger partial charge in [0.05, 0.1) is 10.6 Å². The molecule has 1 fully saturated rings. The summed E-state index contributed by atoms with van der Waals surface area (Å²) < 4.78 is 6.97. The summed E-state index contributed by atoms with van der Waals surface area (Å²) in [5.41, 5.74) is 3.88. The number of piperazine rings is 1. The molecule has 0 bridgehead atoms. The van der Waals surface area contributed by atoms with Gasteiger partial charge in [-0.3, -0.25) is 24.4 Å². The van der Waals surface area contributed by atoms with E-state index < -0.39 is 10.9 Å². The van der Waals surface area contributed by atoms with Gasteiger partial charge in [-0.15, -0.1) is 0 Å². The molecule has 0 aliphatic carbocycles. The predicted molar refractivity (Wildman–Crippen MR) is 114 cm³/mol. The molecule has 0 saturated carbocycles. The number of nitro groups is 1. The van der Waals surface area contributed by atoms with Crippen molar-refractivity contribution in [2.45, 2.75) is 26.7 Å². The number of esters is 1. The van der Waals surface area contributed by atoms with E-state index in [0.717, 1.165) is 22.6 Å². The molecule has 3 rings (SSSR count). The van der Waals surface area contributed by atoms with Gasteiger partial charge in [0.2, 0.25) is 0 Å². The molecule has 10 nitrogen and oxygen atoms in total. The van der Waals surface area contributed by atoms with Gasteiger partial charge in [0.15, 0.2) is 6.61 Å². The summed E-state index contributed by atoms with van der Waals surface area (Å²) in [6.07, 6.45) is 0.737. The zero-order valence-corrected chi connectivity index (χ0v) is 18.0. The Morgan fingerprint density at radius 2 is 1.77 bits per heavy atom. The highest BCUT2D eigenvalue weighted by Gasteiger charge is 2.23. The molecule has 0 radical (unpaired) electrons. The van der Waals surface area contributed by atoms with Crippen molar-refractivity contribution >= 4 is 23.3 Å². The summed E-state index contributed by atoms with van der Waals surface area (Å²) >= 11 is 0. The zero-order valence-electron chi connectivity index (χ0n) is 18.0. The standard InChI is InChI=1S/C21H27N5O5/c1-15-19(16(2)23(3)22-15)8-9-21(28)31-14-20(27)25-12-10-24(11-13-25)17-4-6-18(7-5-17)26(29)30/h4-7H,8-14H2,1-3H3. The summed E-state index contributed by atoms with van der Waals surface area (Å²) in [4.78, 5) is 38.5. The average Bonchev–Trinajstić information content (AvgIpc) is 3.01. The molecule has 0 spiro atoms. The lowest BCUT2D eigenvalue weighted by atomic mass is 10.1. The summed E-state index contributed by atoms with van der Waals surface area (Å²) in [5, 5.41) is 15.1. The molecule has 1 saturated heterocycles. The van der Waals surface area contributed by atoms with Crippen LogP contribution in [0.25, 0.3) is 0 Å². The molecule has 166 valence electrons. The van der Waals surface area contributed by atoms with Crippen molar-refractivity contribution in [1.29, 1.82) is 0 Å². The van der Waals surface area contributed by atoms with Gasteiger partial charge in [-0.05, 0) is 38.0 Å². The predicted octanol–water partition coefficient (Wildman–Crippen LogP) is 1.77. The van der Waals surface area contributed by atoms with Crippen LogP contribution in [0, 0.1) is 24.0 Å². The smallest absolute Gasteiger partial charge is 0.306 e. The van der Waals surface area contributed by atoms with E-state index in [9.17, 15) is 19.7 Å². The molecule has 31 heavy (non-hydrogen) atoms. The molecular weight excluding hydrogens is 402 g/mol. The van der Waals surface area contributed by atoms with E-state index in [2.05, 4.69) is 10.00 Å². The van der Waals surface area contributed by atoms with Crippen LogP contribution in [0.1, 0.15) is 23.4 Å². The molecule has 2 aromatic rings. The molecule has 1 aliphatic heterocycles. The average molecular weight is 429 g/mol. The third-order valence-corrected chi connectivity index (χ3v) is 5.65. The Balaban J connectivity index is 1.41. The normalized spacial score (nSPS) is 13.9. The van der Waals surface area contributed by atoms with Crippen LogP contribution in [0.2, 0.25) is 0 Å². The summed E-state index contributed by atoms with van der Waals surface area (Å²) in [5.74, 6) is -0.619. The number of ether oxygens (including phenoxy) is 1. The van der Waals surface area contributed by atoms with Gasteiger partial charge in [0.25, 0.3) is 11.6 Å². The Morgan fingerprint density at radius 1 is 1.13 bits per heavy atom. The molecule has 1 amide bonds. The lowest BCUT2D eigenvalue weighted by Crippen LogP contribution is -2.49. The number of rotatable bonds is 7. The molecule has 1 aromatic heterocycles. The van der Waals surface area contributed by atoms with Gasteiger partial charge in [0.1, 0.15) is 0 Å². The number of amides is 1. The van der Waals surface area contributed by atoms with E-state index >= 15 is 0 Å². The number of aromatic nitrogens is 2. The van der Waals surface area contributed by atoms with E-state index in [1.54, 1.807) is 21.7 Å². The fraction of sp³-hybridized carbons (Fsp3) is 0.476. The second-order valence-electron chi connectivity index (χ2n) is 7.58. The van der Waals surface area contributed by atoms with Gasteiger partial charge in [-0.1, -0.05) is 0 Å². The molecule has 0 atom stereocenters. The summed E-state index contributed by atoms with van der Waals surface area (Å²) in [6, 6.07) is 6.37. The van der Waals surface area contributed by atoms with Crippen molar-refractivity contribution < 1.29 is 19.2 Å². The first-order valence-electron chi connectivity index (χ1n) is 10.2. The zero-order chi connectivity index (χ0) is 22.5. The number of hydrogen-bond donors (Lipinski definition) is 0. The molecule has 0 N–H and O–H groups in total. The Hall–Kier alpha value is -3.43. The number of carbonyl (C=O) groups excluding carboxylic acids is 2. The third-order valence-electron chi connectivity index (χ3n) is 5.65. The topological polar surface area (TPSA) is 111 Å². The van der Waals surface area contributed by atoms with Crippen LogP contribution in [-0.4, -0.2) is 64.3 Å². The second kappa shape index (κ2) is 9.59. The van der Waals surface area contributed by atoms with E-state index in [1.165, 1.54) is 12.1 Å². The van der Waals surface area contributed by atoms with Crippen molar-refractivity contribution in [1.82, 2.24) is 14.7 Å². The van der Waals surface area contributed by atoms with Gasteiger partial charge in [-0.25, -0.2) is 0 Å². The van der Waals surface area contributed by atoms with Crippen LogP contribution in [0.5, 0.6) is 0 Å². The number of anilines is 1. The number of non-ortho nitro benzene ring substituents is 1. The van der Waals surface area contributed by atoms with Crippen molar-refractivity contribution in [3.63, 3.8) is 0 Å². The van der Waals surface area contributed by atoms with Crippen LogP contribution in [0.3, 0.4) is 0 Å². The van der Waals surface area contributed by atoms with Crippen LogP contribution < -0.4 is 4.90 Å². The SMILES string of the molecule is Cc1nn(C)c(C)c1CCC(=O)OCC(=O)N1CCN(c2ccc([N+](=O)[O-])cc2)CC1. The van der Waals surface area contributed by atoms with Gasteiger partial charge in [-0.2, -0.15) is 5.10 Å². The minimum Gasteiger partial charge on any atom is -0.456 e. The minimum atomic E-state index is -0.430. The van der Waals surface area contributed by atoms with Crippen molar-refractivity contribution in [2.24, 2.45) is 7.05 Å². The van der Waals surface area contributed by atoms with Gasteiger partial charge >= 0.3 is 5.97 Å². The number of aryl methyl sites for hydroxylation is 2. The van der Waals surface area contributed by atoms with E-state index in [4.69, 9.17) is 4.74 Å². The number of nitro benzene ring substituents is 1. The van der Waals surface area contributed by atoms with Gasteiger partial charge < -0.3 is 14.5 Å². The lowest BCUT2D eigenvalue weighted by molar-refractivity contribution is -0.384. The third kappa shape index (κ3) is 5.39. The largest absolute Gasteiger partial charge is 0.456 e. The Labute approximate surface area is 180 Å². The molecule has 0 unspecified atom stereocenters. The lowest BCUT2D eigenvalue weighted by Gasteiger charge is -2.36. The summed E-state index contributed by atoms with van der Waals surface area (Å²) in [7, 11) is 1.87. The van der Waals surface area contributed by atoms with Crippen molar-refractivity contribution in [2.75, 3.05) is 37.7 Å². The Bertz CT molecular complexity index is 961. The van der Waals surface area contributed by atoms with Crippen LogP contribution >= 0.6 is 0 Å².